The Hall–Kier alpha value is -1.81. The third-order valence-electron chi connectivity index (χ3n) is 4.05. The third kappa shape index (κ3) is 2.56. The van der Waals surface area contributed by atoms with Gasteiger partial charge in [0.05, 0.1) is 13.2 Å². The van der Waals surface area contributed by atoms with Crippen LogP contribution in [0.25, 0.3) is 0 Å². The highest BCUT2D eigenvalue weighted by Crippen LogP contribution is 2.33. The number of imidazole rings is 1. The van der Waals surface area contributed by atoms with Gasteiger partial charge in [-0.25, -0.2) is 4.98 Å². The zero-order valence-electron chi connectivity index (χ0n) is 12.0. The van der Waals surface area contributed by atoms with Crippen LogP contribution in [0, 0.1) is 0 Å². The first-order valence-electron chi connectivity index (χ1n) is 7.20. The molecule has 2 atom stereocenters. The van der Waals surface area contributed by atoms with Gasteiger partial charge in [-0.3, -0.25) is 0 Å². The van der Waals surface area contributed by atoms with Crippen LogP contribution < -0.4 is 10.1 Å². The number of nitrogens with one attached hydrogen (secondary N) is 2. The fraction of sp³-hybridized carbons (Fsp3) is 0.438. The largest absolute Gasteiger partial charge is 0.497 e. The van der Waals surface area contributed by atoms with Crippen LogP contribution in [0.15, 0.2) is 30.6 Å². The van der Waals surface area contributed by atoms with Gasteiger partial charge in [0.15, 0.2) is 0 Å². The van der Waals surface area contributed by atoms with Crippen LogP contribution >= 0.6 is 0 Å². The molecule has 0 radical (unpaired) electrons. The zero-order chi connectivity index (χ0) is 13.9. The smallest absolute Gasteiger partial charge is 0.122 e. The standard InChI is InChI=1S/C16H21N3O/c1-11(16-17-8-9-18-16)19-15-5-3-4-12-10-13(20-2)6-7-14(12)15/h6-11,15,19H,3-5H2,1-2H3,(H,17,18). The molecule has 0 bridgehead atoms. The second-order valence-corrected chi connectivity index (χ2v) is 5.37. The number of rotatable bonds is 4. The molecule has 0 amide bonds. The van der Waals surface area contributed by atoms with Crippen molar-refractivity contribution in [1.82, 2.24) is 15.3 Å². The first kappa shape index (κ1) is 13.2. The van der Waals surface area contributed by atoms with Crippen LogP contribution in [-0.2, 0) is 6.42 Å². The van der Waals surface area contributed by atoms with Crippen molar-refractivity contribution >= 4 is 0 Å². The van der Waals surface area contributed by atoms with Crippen LogP contribution in [0.5, 0.6) is 5.75 Å². The molecule has 4 heteroatoms. The minimum Gasteiger partial charge on any atom is -0.497 e. The average Bonchev–Trinajstić information content (AvgIpc) is 3.01. The van der Waals surface area contributed by atoms with E-state index in [1.165, 1.54) is 24.0 Å². The van der Waals surface area contributed by atoms with Gasteiger partial charge in [0.2, 0.25) is 0 Å². The lowest BCUT2D eigenvalue weighted by Gasteiger charge is -2.29. The minimum absolute atomic E-state index is 0.225. The summed E-state index contributed by atoms with van der Waals surface area (Å²) in [4.78, 5) is 7.50. The Morgan fingerprint density at radius 1 is 1.45 bits per heavy atom. The quantitative estimate of drug-likeness (QED) is 0.898. The molecule has 0 saturated carbocycles. The molecule has 20 heavy (non-hydrogen) atoms. The van der Waals surface area contributed by atoms with Crippen LogP contribution in [0.1, 0.15) is 48.8 Å². The first-order valence-corrected chi connectivity index (χ1v) is 7.20. The number of aromatic amines is 1. The Morgan fingerprint density at radius 2 is 2.35 bits per heavy atom. The Bertz CT molecular complexity index is 565. The van der Waals surface area contributed by atoms with Crippen molar-refractivity contribution in [3.63, 3.8) is 0 Å². The fourth-order valence-corrected chi connectivity index (χ4v) is 2.99. The average molecular weight is 271 g/mol. The van der Waals surface area contributed by atoms with E-state index in [2.05, 4.69) is 40.4 Å². The van der Waals surface area contributed by atoms with E-state index in [0.29, 0.717) is 6.04 Å². The van der Waals surface area contributed by atoms with Crippen molar-refractivity contribution in [2.45, 2.75) is 38.3 Å². The molecule has 2 N–H and O–H groups in total. The maximum Gasteiger partial charge on any atom is 0.122 e. The Morgan fingerprint density at radius 3 is 3.10 bits per heavy atom. The fourth-order valence-electron chi connectivity index (χ4n) is 2.99. The van der Waals surface area contributed by atoms with Gasteiger partial charge in [-0.2, -0.15) is 0 Å². The molecule has 1 aromatic heterocycles. The van der Waals surface area contributed by atoms with E-state index < -0.39 is 0 Å². The van der Waals surface area contributed by atoms with Gasteiger partial charge in [-0.1, -0.05) is 6.07 Å². The van der Waals surface area contributed by atoms with Crippen molar-refractivity contribution in [3.8, 4) is 5.75 Å². The lowest BCUT2D eigenvalue weighted by atomic mass is 9.87. The lowest BCUT2D eigenvalue weighted by molar-refractivity contribution is 0.398. The monoisotopic (exact) mass is 271 g/mol. The number of H-pyrrole nitrogens is 1. The van der Waals surface area contributed by atoms with E-state index in [4.69, 9.17) is 4.74 Å². The summed E-state index contributed by atoms with van der Waals surface area (Å²) in [5, 5.41) is 3.68. The van der Waals surface area contributed by atoms with Crippen LogP contribution in [0.4, 0.5) is 0 Å². The molecule has 106 valence electrons. The highest BCUT2D eigenvalue weighted by atomic mass is 16.5. The SMILES string of the molecule is COc1ccc2c(c1)CCCC2NC(C)c1ncc[nH]1. The molecule has 4 nitrogen and oxygen atoms in total. The Labute approximate surface area is 119 Å². The number of nitrogens with zero attached hydrogens (tertiary/aromatic N) is 1. The number of aromatic nitrogens is 2. The number of methoxy groups -OCH3 is 1. The highest BCUT2D eigenvalue weighted by molar-refractivity contribution is 5.39. The molecule has 1 heterocycles. The number of hydrogen-bond donors (Lipinski definition) is 2. The van der Waals surface area contributed by atoms with Crippen LogP contribution in [-0.4, -0.2) is 17.1 Å². The molecule has 2 unspecified atom stereocenters. The van der Waals surface area contributed by atoms with E-state index in [-0.39, 0.29) is 6.04 Å². The molecule has 0 spiro atoms. The van der Waals surface area contributed by atoms with Gasteiger partial charge in [0, 0.05) is 18.4 Å². The number of aryl methyl sites for hydroxylation is 1. The van der Waals surface area contributed by atoms with Gasteiger partial charge in [0.1, 0.15) is 11.6 Å². The van der Waals surface area contributed by atoms with Gasteiger partial charge in [-0.15, -0.1) is 0 Å². The second-order valence-electron chi connectivity index (χ2n) is 5.37. The number of benzene rings is 1. The van der Waals surface area contributed by atoms with Crippen molar-refractivity contribution in [1.29, 1.82) is 0 Å². The van der Waals surface area contributed by atoms with Crippen molar-refractivity contribution in [2.75, 3.05) is 7.11 Å². The second kappa shape index (κ2) is 5.67. The Kier molecular flexibility index (Phi) is 3.74. The number of fused-ring (bicyclic) bond motifs is 1. The molecule has 3 rings (SSSR count). The lowest BCUT2D eigenvalue weighted by Crippen LogP contribution is -2.28. The highest BCUT2D eigenvalue weighted by Gasteiger charge is 2.22. The van der Waals surface area contributed by atoms with E-state index in [1.54, 1.807) is 13.3 Å². The number of ether oxygens (including phenoxy) is 1. The number of hydrogen-bond acceptors (Lipinski definition) is 3. The Balaban J connectivity index is 1.79. The molecule has 0 saturated heterocycles. The maximum atomic E-state index is 5.32. The van der Waals surface area contributed by atoms with Crippen molar-refractivity contribution < 1.29 is 4.74 Å². The molecular formula is C16H21N3O. The van der Waals surface area contributed by atoms with E-state index >= 15 is 0 Å². The van der Waals surface area contributed by atoms with Crippen molar-refractivity contribution in [2.24, 2.45) is 0 Å². The predicted octanol–water partition coefficient (Wildman–Crippen LogP) is 3.15. The molecule has 1 aliphatic carbocycles. The molecule has 2 aromatic rings. The third-order valence-corrected chi connectivity index (χ3v) is 4.05. The normalized spacial score (nSPS) is 19.4. The summed E-state index contributed by atoms with van der Waals surface area (Å²) in [7, 11) is 1.72. The topological polar surface area (TPSA) is 49.9 Å². The summed E-state index contributed by atoms with van der Waals surface area (Å²) >= 11 is 0. The summed E-state index contributed by atoms with van der Waals surface area (Å²) in [5.74, 6) is 1.94. The molecule has 0 aliphatic heterocycles. The maximum absolute atomic E-state index is 5.32. The van der Waals surface area contributed by atoms with E-state index in [1.807, 2.05) is 6.20 Å². The summed E-state index contributed by atoms with van der Waals surface area (Å²) in [6.45, 7) is 2.15. The molecular weight excluding hydrogens is 250 g/mol. The van der Waals surface area contributed by atoms with Gasteiger partial charge in [0.25, 0.3) is 0 Å². The summed E-state index contributed by atoms with van der Waals surface area (Å²) in [6.07, 6.45) is 7.19. The molecule has 1 aromatic carbocycles. The predicted molar refractivity (Wildman–Crippen MR) is 78.8 cm³/mol. The van der Waals surface area contributed by atoms with Crippen molar-refractivity contribution in [3.05, 3.63) is 47.5 Å². The first-order chi connectivity index (χ1) is 9.78. The van der Waals surface area contributed by atoms with Gasteiger partial charge >= 0.3 is 0 Å². The summed E-state index contributed by atoms with van der Waals surface area (Å²) in [6, 6.07) is 7.03. The molecule has 1 aliphatic rings. The summed E-state index contributed by atoms with van der Waals surface area (Å²) in [5.41, 5.74) is 2.80. The zero-order valence-corrected chi connectivity index (χ0v) is 12.0. The minimum atomic E-state index is 0.225. The van der Waals surface area contributed by atoms with E-state index in [0.717, 1.165) is 18.0 Å². The summed E-state index contributed by atoms with van der Waals surface area (Å²) < 4.78 is 5.32. The molecule has 0 fully saturated rings. The van der Waals surface area contributed by atoms with Gasteiger partial charge in [-0.05, 0) is 49.4 Å². The van der Waals surface area contributed by atoms with Crippen LogP contribution in [0.3, 0.4) is 0 Å². The van der Waals surface area contributed by atoms with Crippen LogP contribution in [0.2, 0.25) is 0 Å². The van der Waals surface area contributed by atoms with Gasteiger partial charge < -0.3 is 15.0 Å². The van der Waals surface area contributed by atoms with E-state index in [9.17, 15) is 0 Å².